The van der Waals surface area contributed by atoms with Gasteiger partial charge < -0.3 is 10.1 Å². The summed E-state index contributed by atoms with van der Waals surface area (Å²) >= 11 is 3.45. The number of halogens is 1. The number of benzene rings is 2. The molecule has 0 bridgehead atoms. The lowest BCUT2D eigenvalue weighted by Gasteiger charge is -2.26. The first-order chi connectivity index (χ1) is 13.2. The van der Waals surface area contributed by atoms with Crippen LogP contribution in [0.25, 0.3) is 0 Å². The topological polar surface area (TPSA) is 41.6 Å². The molecule has 1 N–H and O–H groups in total. The smallest absolute Gasteiger partial charge is 0.224 e. The van der Waals surface area contributed by atoms with Crippen molar-refractivity contribution in [1.82, 2.24) is 4.90 Å². The number of amides is 1. The van der Waals surface area contributed by atoms with Crippen LogP contribution < -0.4 is 5.32 Å². The summed E-state index contributed by atoms with van der Waals surface area (Å²) in [5.74, 6) is 0.0920. The maximum atomic E-state index is 12.2. The summed E-state index contributed by atoms with van der Waals surface area (Å²) in [6.07, 6.45) is 3.49. The van der Waals surface area contributed by atoms with Crippen LogP contribution in [0.4, 0.5) is 5.69 Å². The molecule has 2 aromatic rings. The number of nitrogens with zero attached hydrogens (tertiary/aromatic N) is 1. The summed E-state index contributed by atoms with van der Waals surface area (Å²) in [6.45, 7) is 4.44. The number of hydrogen-bond donors (Lipinski definition) is 1. The zero-order valence-electron chi connectivity index (χ0n) is 15.6. The Morgan fingerprint density at radius 1 is 1.04 bits per heavy atom. The fraction of sp³-hybridized carbons (Fsp3) is 0.409. The van der Waals surface area contributed by atoms with Gasteiger partial charge in [-0.1, -0.05) is 40.2 Å². The second-order valence-electron chi connectivity index (χ2n) is 6.97. The summed E-state index contributed by atoms with van der Waals surface area (Å²) in [5, 5.41) is 3.04. The third-order valence-corrected chi connectivity index (χ3v) is 5.28. The minimum absolute atomic E-state index is 0.0920. The average molecular weight is 431 g/mol. The number of unbranched alkanes of at least 4 members (excludes halogenated alkanes) is 1. The molecule has 144 valence electrons. The van der Waals surface area contributed by atoms with E-state index >= 15 is 0 Å². The van der Waals surface area contributed by atoms with Gasteiger partial charge in [0.1, 0.15) is 0 Å². The third kappa shape index (κ3) is 7.09. The molecule has 1 aliphatic heterocycles. The van der Waals surface area contributed by atoms with E-state index in [4.69, 9.17) is 4.74 Å². The van der Waals surface area contributed by atoms with Gasteiger partial charge in [0.05, 0.1) is 13.2 Å². The predicted molar refractivity (Wildman–Crippen MR) is 113 cm³/mol. The molecule has 1 amide bonds. The number of aryl methyl sites for hydroxylation is 1. The van der Waals surface area contributed by atoms with Gasteiger partial charge in [0, 0.05) is 36.2 Å². The van der Waals surface area contributed by atoms with E-state index in [0.29, 0.717) is 6.42 Å². The second kappa shape index (κ2) is 10.6. The number of anilines is 1. The van der Waals surface area contributed by atoms with Gasteiger partial charge in [-0.25, -0.2) is 0 Å². The highest BCUT2D eigenvalue weighted by atomic mass is 79.9. The normalized spacial score (nSPS) is 14.9. The maximum absolute atomic E-state index is 12.2. The van der Waals surface area contributed by atoms with Crippen molar-refractivity contribution in [3.8, 4) is 0 Å². The molecule has 4 nitrogen and oxygen atoms in total. The summed E-state index contributed by atoms with van der Waals surface area (Å²) in [5.41, 5.74) is 3.43. The van der Waals surface area contributed by atoms with Crippen LogP contribution in [0.15, 0.2) is 53.0 Å². The van der Waals surface area contributed by atoms with Crippen molar-refractivity contribution in [2.75, 3.05) is 31.6 Å². The van der Waals surface area contributed by atoms with E-state index in [1.54, 1.807) is 0 Å². The fourth-order valence-corrected chi connectivity index (χ4v) is 3.52. The molecule has 0 aromatic heterocycles. The molecule has 0 radical (unpaired) electrons. The van der Waals surface area contributed by atoms with Gasteiger partial charge in [0.25, 0.3) is 0 Å². The van der Waals surface area contributed by atoms with Gasteiger partial charge in [-0.15, -0.1) is 0 Å². The van der Waals surface area contributed by atoms with Crippen LogP contribution in [0.1, 0.15) is 30.4 Å². The largest absolute Gasteiger partial charge is 0.379 e. The third-order valence-electron chi connectivity index (χ3n) is 4.75. The SMILES string of the molecule is O=C(CCCCc1ccc(Br)cc1)Nc1cccc(CN2CCOCC2)c1. The monoisotopic (exact) mass is 430 g/mol. The van der Waals surface area contributed by atoms with Crippen molar-refractivity contribution in [1.29, 1.82) is 0 Å². The number of ether oxygens (including phenoxy) is 1. The zero-order chi connectivity index (χ0) is 18.9. The number of nitrogens with one attached hydrogen (secondary N) is 1. The minimum atomic E-state index is 0.0920. The van der Waals surface area contributed by atoms with Crippen molar-refractivity contribution < 1.29 is 9.53 Å². The molecular formula is C22H27BrN2O2. The van der Waals surface area contributed by atoms with Gasteiger partial charge in [-0.05, 0) is 54.7 Å². The number of hydrogen-bond acceptors (Lipinski definition) is 3. The molecular weight excluding hydrogens is 404 g/mol. The van der Waals surface area contributed by atoms with E-state index in [0.717, 1.165) is 62.3 Å². The summed E-state index contributed by atoms with van der Waals surface area (Å²) in [6, 6.07) is 16.5. The van der Waals surface area contributed by atoms with Crippen LogP contribution in [0.5, 0.6) is 0 Å². The van der Waals surface area contributed by atoms with Crippen LogP contribution >= 0.6 is 15.9 Å². The van der Waals surface area contributed by atoms with E-state index in [2.05, 4.69) is 62.5 Å². The lowest BCUT2D eigenvalue weighted by atomic mass is 10.1. The molecule has 0 unspecified atom stereocenters. The Morgan fingerprint density at radius 3 is 2.59 bits per heavy atom. The van der Waals surface area contributed by atoms with E-state index in [1.807, 2.05) is 12.1 Å². The van der Waals surface area contributed by atoms with Crippen molar-refractivity contribution >= 4 is 27.5 Å². The molecule has 0 saturated carbocycles. The highest BCUT2D eigenvalue weighted by Crippen LogP contribution is 2.15. The van der Waals surface area contributed by atoms with E-state index in [-0.39, 0.29) is 5.91 Å². The molecule has 1 saturated heterocycles. The zero-order valence-corrected chi connectivity index (χ0v) is 17.2. The lowest BCUT2D eigenvalue weighted by molar-refractivity contribution is -0.116. The standard InChI is InChI=1S/C22H27BrN2O2/c23-20-10-8-18(9-11-20)4-1-2-7-22(26)24-21-6-3-5-19(16-21)17-25-12-14-27-15-13-25/h3,5-6,8-11,16H,1-2,4,7,12-15,17H2,(H,24,26). The van der Waals surface area contributed by atoms with Crippen LogP contribution in [-0.2, 0) is 22.5 Å². The van der Waals surface area contributed by atoms with E-state index in [9.17, 15) is 4.79 Å². The Balaban J connectivity index is 1.39. The van der Waals surface area contributed by atoms with Gasteiger partial charge in [-0.3, -0.25) is 9.69 Å². The molecule has 0 spiro atoms. The first kappa shape index (κ1) is 20.1. The van der Waals surface area contributed by atoms with Crippen molar-refractivity contribution in [2.24, 2.45) is 0 Å². The van der Waals surface area contributed by atoms with Crippen molar-refractivity contribution in [3.63, 3.8) is 0 Å². The Labute approximate surface area is 170 Å². The van der Waals surface area contributed by atoms with E-state index in [1.165, 1.54) is 11.1 Å². The average Bonchev–Trinajstić information content (AvgIpc) is 2.68. The Morgan fingerprint density at radius 2 is 1.81 bits per heavy atom. The number of carbonyl (C=O) groups excluding carboxylic acids is 1. The number of carbonyl (C=O) groups is 1. The Kier molecular flexibility index (Phi) is 7.87. The second-order valence-corrected chi connectivity index (χ2v) is 7.89. The predicted octanol–water partition coefficient (Wildman–Crippen LogP) is 4.63. The number of rotatable bonds is 8. The molecule has 27 heavy (non-hydrogen) atoms. The maximum Gasteiger partial charge on any atom is 0.224 e. The summed E-state index contributed by atoms with van der Waals surface area (Å²) in [7, 11) is 0. The quantitative estimate of drug-likeness (QED) is 0.620. The molecule has 0 aliphatic carbocycles. The molecule has 1 fully saturated rings. The first-order valence-corrected chi connectivity index (χ1v) is 10.4. The fourth-order valence-electron chi connectivity index (χ4n) is 3.25. The molecule has 1 aliphatic rings. The molecule has 5 heteroatoms. The molecule has 1 heterocycles. The van der Waals surface area contributed by atoms with Crippen LogP contribution in [0, 0.1) is 0 Å². The van der Waals surface area contributed by atoms with Crippen LogP contribution in [0.3, 0.4) is 0 Å². The van der Waals surface area contributed by atoms with Gasteiger partial charge in [0.15, 0.2) is 0 Å². The Bertz CT molecular complexity index is 727. The first-order valence-electron chi connectivity index (χ1n) is 9.62. The highest BCUT2D eigenvalue weighted by Gasteiger charge is 2.11. The molecule has 0 atom stereocenters. The summed E-state index contributed by atoms with van der Waals surface area (Å²) in [4.78, 5) is 14.6. The van der Waals surface area contributed by atoms with Gasteiger partial charge in [-0.2, -0.15) is 0 Å². The lowest BCUT2D eigenvalue weighted by Crippen LogP contribution is -2.35. The van der Waals surface area contributed by atoms with Crippen molar-refractivity contribution in [3.05, 3.63) is 64.1 Å². The Hall–Kier alpha value is -1.69. The van der Waals surface area contributed by atoms with Gasteiger partial charge in [0.2, 0.25) is 5.91 Å². The molecule has 3 rings (SSSR count). The van der Waals surface area contributed by atoms with Gasteiger partial charge >= 0.3 is 0 Å². The van der Waals surface area contributed by atoms with Crippen LogP contribution in [-0.4, -0.2) is 37.1 Å². The summed E-state index contributed by atoms with van der Waals surface area (Å²) < 4.78 is 6.49. The number of morpholine rings is 1. The van der Waals surface area contributed by atoms with E-state index < -0.39 is 0 Å². The van der Waals surface area contributed by atoms with Crippen molar-refractivity contribution in [2.45, 2.75) is 32.2 Å². The highest BCUT2D eigenvalue weighted by molar-refractivity contribution is 9.10. The molecule has 2 aromatic carbocycles. The minimum Gasteiger partial charge on any atom is -0.379 e. The van der Waals surface area contributed by atoms with Crippen LogP contribution in [0.2, 0.25) is 0 Å².